The van der Waals surface area contributed by atoms with E-state index in [4.69, 9.17) is 9.05 Å². The van der Waals surface area contributed by atoms with Crippen molar-refractivity contribution in [3.05, 3.63) is 29.3 Å². The first-order chi connectivity index (χ1) is 8.22. The highest BCUT2D eigenvalue weighted by Crippen LogP contribution is 2.51. The summed E-state index contributed by atoms with van der Waals surface area (Å²) in [6.07, 6.45) is 0.201. The van der Waals surface area contributed by atoms with Crippen molar-refractivity contribution in [3.63, 3.8) is 0 Å². The molecule has 1 aromatic rings. The summed E-state index contributed by atoms with van der Waals surface area (Å²) in [4.78, 5) is 0. The molecular formula is C13H21O4P. The second-order valence-electron chi connectivity index (χ2n) is 5.23. The van der Waals surface area contributed by atoms with E-state index in [2.05, 4.69) is 0 Å². The van der Waals surface area contributed by atoms with Gasteiger partial charge in [0.1, 0.15) is 5.75 Å². The molecule has 0 aromatic heterocycles. The summed E-state index contributed by atoms with van der Waals surface area (Å²) < 4.78 is 22.1. The Morgan fingerprint density at radius 3 is 2.22 bits per heavy atom. The third-order valence-electron chi connectivity index (χ3n) is 2.82. The van der Waals surface area contributed by atoms with Gasteiger partial charge in [-0.2, -0.15) is 0 Å². The van der Waals surface area contributed by atoms with Crippen LogP contribution < -0.4 is 0 Å². The van der Waals surface area contributed by atoms with E-state index in [1.54, 1.807) is 18.2 Å². The quantitative estimate of drug-likeness (QED) is 0.849. The fourth-order valence-corrected chi connectivity index (χ4v) is 2.91. The molecular weight excluding hydrogens is 251 g/mol. The molecule has 4 nitrogen and oxygen atoms in total. The summed E-state index contributed by atoms with van der Waals surface area (Å²) in [6.45, 7) is 6.11. The largest absolute Gasteiger partial charge is 0.508 e. The maximum Gasteiger partial charge on any atom is 0.334 e. The van der Waals surface area contributed by atoms with E-state index < -0.39 is 7.60 Å². The molecule has 0 aliphatic rings. The van der Waals surface area contributed by atoms with Crippen LogP contribution in [0.4, 0.5) is 0 Å². The second-order valence-corrected chi connectivity index (χ2v) is 7.49. The maximum atomic E-state index is 12.2. The lowest BCUT2D eigenvalue weighted by Gasteiger charge is -2.24. The van der Waals surface area contributed by atoms with E-state index in [0.29, 0.717) is 0 Å². The third kappa shape index (κ3) is 3.58. The van der Waals surface area contributed by atoms with Gasteiger partial charge in [0, 0.05) is 14.2 Å². The highest BCUT2D eigenvalue weighted by Gasteiger charge is 2.26. The summed E-state index contributed by atoms with van der Waals surface area (Å²) in [5.41, 5.74) is 1.66. The van der Waals surface area contributed by atoms with Crippen LogP contribution in [0.2, 0.25) is 0 Å². The van der Waals surface area contributed by atoms with E-state index in [0.717, 1.165) is 11.1 Å². The Morgan fingerprint density at radius 2 is 1.78 bits per heavy atom. The van der Waals surface area contributed by atoms with E-state index in [-0.39, 0.29) is 17.3 Å². The number of hydrogen-bond acceptors (Lipinski definition) is 4. The zero-order valence-corrected chi connectivity index (χ0v) is 12.5. The molecule has 1 N–H and O–H groups in total. The summed E-state index contributed by atoms with van der Waals surface area (Å²) >= 11 is 0. The van der Waals surface area contributed by atoms with Gasteiger partial charge in [-0.3, -0.25) is 4.57 Å². The van der Waals surface area contributed by atoms with Gasteiger partial charge in [0.05, 0.1) is 6.16 Å². The van der Waals surface area contributed by atoms with Gasteiger partial charge >= 0.3 is 7.60 Å². The molecule has 0 saturated carbocycles. The highest BCUT2D eigenvalue weighted by molar-refractivity contribution is 7.52. The predicted octanol–water partition coefficient (Wildman–Crippen LogP) is 3.68. The summed E-state index contributed by atoms with van der Waals surface area (Å²) in [5, 5.41) is 9.58. The van der Waals surface area contributed by atoms with Crippen molar-refractivity contribution in [2.24, 2.45) is 0 Å². The summed E-state index contributed by atoms with van der Waals surface area (Å²) in [7, 11) is -0.343. The SMILES string of the molecule is COP(=O)(Cc1ccc(O)cc1C(C)(C)C)OC. The molecule has 5 heteroatoms. The topological polar surface area (TPSA) is 55.8 Å². The van der Waals surface area contributed by atoms with Gasteiger partial charge in [0.2, 0.25) is 0 Å². The molecule has 0 amide bonds. The lowest BCUT2D eigenvalue weighted by atomic mass is 9.84. The Kier molecular flexibility index (Phi) is 4.60. The number of hydrogen-bond donors (Lipinski definition) is 1. The Bertz CT molecular complexity index is 455. The van der Waals surface area contributed by atoms with Crippen LogP contribution in [0.5, 0.6) is 5.75 Å². The Labute approximate surface area is 108 Å². The molecule has 0 bridgehead atoms. The minimum absolute atomic E-state index is 0.152. The molecule has 0 atom stereocenters. The van der Waals surface area contributed by atoms with Crippen LogP contribution in [0.15, 0.2) is 18.2 Å². The lowest BCUT2D eigenvalue weighted by Crippen LogP contribution is -2.14. The number of phenolic OH excluding ortho intramolecular Hbond substituents is 1. The number of rotatable bonds is 4. The normalized spacial score (nSPS) is 12.7. The van der Waals surface area contributed by atoms with Crippen molar-refractivity contribution in [3.8, 4) is 5.75 Å². The van der Waals surface area contributed by atoms with Crippen molar-refractivity contribution in [1.82, 2.24) is 0 Å². The van der Waals surface area contributed by atoms with Crippen LogP contribution in [0.1, 0.15) is 31.9 Å². The van der Waals surface area contributed by atoms with Gasteiger partial charge < -0.3 is 14.2 Å². The number of aromatic hydroxyl groups is 1. The predicted molar refractivity (Wildman–Crippen MR) is 72.1 cm³/mol. The van der Waals surface area contributed by atoms with Crippen LogP contribution in [0.3, 0.4) is 0 Å². The second kappa shape index (κ2) is 5.43. The molecule has 102 valence electrons. The Morgan fingerprint density at radius 1 is 1.22 bits per heavy atom. The van der Waals surface area contributed by atoms with Gasteiger partial charge in [-0.05, 0) is 28.7 Å². The first-order valence-electron chi connectivity index (χ1n) is 5.75. The van der Waals surface area contributed by atoms with Crippen molar-refractivity contribution in [2.75, 3.05) is 14.2 Å². The molecule has 0 saturated heterocycles. The van der Waals surface area contributed by atoms with Crippen LogP contribution in [-0.2, 0) is 25.2 Å². The monoisotopic (exact) mass is 272 g/mol. The van der Waals surface area contributed by atoms with Crippen molar-refractivity contribution in [1.29, 1.82) is 0 Å². The van der Waals surface area contributed by atoms with Crippen molar-refractivity contribution in [2.45, 2.75) is 32.3 Å². The molecule has 0 heterocycles. The average molecular weight is 272 g/mol. The zero-order valence-electron chi connectivity index (χ0n) is 11.6. The van der Waals surface area contributed by atoms with Crippen molar-refractivity contribution >= 4 is 7.60 Å². The van der Waals surface area contributed by atoms with Gasteiger partial charge in [-0.1, -0.05) is 26.8 Å². The molecule has 1 rings (SSSR count). The van der Waals surface area contributed by atoms with Crippen molar-refractivity contribution < 1.29 is 18.7 Å². The van der Waals surface area contributed by atoms with Crippen LogP contribution in [0, 0.1) is 0 Å². The Balaban J connectivity index is 3.21. The lowest BCUT2D eigenvalue weighted by molar-refractivity contribution is 0.274. The molecule has 0 aliphatic carbocycles. The fourth-order valence-electron chi connectivity index (χ4n) is 1.81. The Hall–Kier alpha value is -0.830. The average Bonchev–Trinajstić information content (AvgIpc) is 2.30. The van der Waals surface area contributed by atoms with E-state index >= 15 is 0 Å². The molecule has 1 aromatic carbocycles. The molecule has 0 unspecified atom stereocenters. The molecule has 18 heavy (non-hydrogen) atoms. The van der Waals surface area contributed by atoms with E-state index in [1.165, 1.54) is 14.2 Å². The minimum atomic E-state index is -3.10. The van der Waals surface area contributed by atoms with Crippen LogP contribution in [-0.4, -0.2) is 19.3 Å². The van der Waals surface area contributed by atoms with Gasteiger partial charge in [-0.15, -0.1) is 0 Å². The first-order valence-corrected chi connectivity index (χ1v) is 7.47. The fraction of sp³-hybridized carbons (Fsp3) is 0.538. The standard InChI is InChI=1S/C13H21O4P/c1-13(2,3)12-8-11(14)7-6-10(12)9-18(15,16-4)17-5/h6-8,14H,9H2,1-5H3. The first kappa shape index (κ1) is 15.2. The van der Waals surface area contributed by atoms with Gasteiger partial charge in [0.25, 0.3) is 0 Å². The third-order valence-corrected chi connectivity index (χ3v) is 4.66. The number of phenols is 1. The van der Waals surface area contributed by atoms with Gasteiger partial charge in [0.15, 0.2) is 0 Å². The van der Waals surface area contributed by atoms with Crippen LogP contribution >= 0.6 is 7.60 Å². The maximum absolute atomic E-state index is 12.2. The van der Waals surface area contributed by atoms with Gasteiger partial charge in [-0.25, -0.2) is 0 Å². The zero-order chi connectivity index (χ0) is 14.0. The molecule has 0 aliphatic heterocycles. The molecule has 0 radical (unpaired) electrons. The van der Waals surface area contributed by atoms with E-state index in [1.807, 2.05) is 20.8 Å². The smallest absolute Gasteiger partial charge is 0.334 e. The summed E-state index contributed by atoms with van der Waals surface area (Å²) in [5.74, 6) is 0.202. The summed E-state index contributed by atoms with van der Waals surface area (Å²) in [6, 6.07) is 5.05. The van der Waals surface area contributed by atoms with Crippen LogP contribution in [0.25, 0.3) is 0 Å². The molecule has 0 spiro atoms. The highest BCUT2D eigenvalue weighted by atomic mass is 31.2. The minimum Gasteiger partial charge on any atom is -0.508 e. The molecule has 0 fully saturated rings. The number of benzene rings is 1. The van der Waals surface area contributed by atoms with E-state index in [9.17, 15) is 9.67 Å².